The summed E-state index contributed by atoms with van der Waals surface area (Å²) in [5.41, 5.74) is 6.20. The van der Waals surface area contributed by atoms with E-state index in [4.69, 9.17) is 9.47 Å². The number of hydrogen-bond donors (Lipinski definition) is 0. The van der Waals surface area contributed by atoms with Crippen LogP contribution in [-0.2, 0) is 9.47 Å². The van der Waals surface area contributed by atoms with Crippen molar-refractivity contribution in [3.05, 3.63) is 46.6 Å². The number of unbranched alkanes of at least 4 members (excludes halogenated alkanes) is 1. The van der Waals surface area contributed by atoms with Gasteiger partial charge < -0.3 is 9.47 Å². The fraction of sp³-hybridized carbons (Fsp3) is 0.733. The fourth-order valence-corrected chi connectivity index (χ4v) is 4.49. The molecular weight excluding hydrogens is 392 g/mol. The van der Waals surface area contributed by atoms with Crippen LogP contribution in [-0.4, -0.2) is 23.4 Å². The first-order chi connectivity index (χ1) is 15.0. The summed E-state index contributed by atoms with van der Waals surface area (Å²) in [6.45, 7) is 17.8. The summed E-state index contributed by atoms with van der Waals surface area (Å²) in [5, 5.41) is 0. The third-order valence-corrected chi connectivity index (χ3v) is 7.18. The molecule has 0 unspecified atom stereocenters. The summed E-state index contributed by atoms with van der Waals surface area (Å²) in [5.74, 6) is 0. The quantitative estimate of drug-likeness (QED) is 0.143. The lowest BCUT2D eigenvalue weighted by atomic mass is 9.96. The van der Waals surface area contributed by atoms with Gasteiger partial charge in [0.15, 0.2) is 0 Å². The molecule has 0 spiro atoms. The van der Waals surface area contributed by atoms with E-state index in [9.17, 15) is 0 Å². The predicted molar refractivity (Wildman–Crippen MR) is 139 cm³/mol. The molecule has 182 valence electrons. The van der Waals surface area contributed by atoms with E-state index >= 15 is 0 Å². The lowest BCUT2D eigenvalue weighted by molar-refractivity contribution is 0.295. The Labute approximate surface area is 199 Å². The minimum absolute atomic E-state index is 0.126. The molecule has 2 fully saturated rings. The Balaban J connectivity index is 1.54. The van der Waals surface area contributed by atoms with Crippen LogP contribution >= 0.6 is 0 Å². The molecule has 3 atom stereocenters. The maximum Gasteiger partial charge on any atom is 0.0923 e. The lowest BCUT2D eigenvalue weighted by Gasteiger charge is -2.05. The van der Waals surface area contributed by atoms with E-state index < -0.39 is 0 Å². The second kappa shape index (κ2) is 12.4. The van der Waals surface area contributed by atoms with E-state index in [-0.39, 0.29) is 11.2 Å². The van der Waals surface area contributed by atoms with Crippen molar-refractivity contribution in [1.82, 2.24) is 0 Å². The first-order valence-electron chi connectivity index (χ1n) is 13.0. The van der Waals surface area contributed by atoms with Crippen molar-refractivity contribution in [2.75, 3.05) is 0 Å². The number of ether oxygens (including phenoxy) is 2. The second-order valence-electron chi connectivity index (χ2n) is 11.3. The minimum Gasteiger partial charge on any atom is -0.367 e. The molecule has 2 nitrogen and oxygen atoms in total. The van der Waals surface area contributed by atoms with E-state index in [0.717, 1.165) is 38.5 Å². The summed E-state index contributed by atoms with van der Waals surface area (Å²) in [4.78, 5) is 0. The number of hydrogen-bond acceptors (Lipinski definition) is 2. The monoisotopic (exact) mass is 442 g/mol. The zero-order valence-corrected chi connectivity index (χ0v) is 22.4. The van der Waals surface area contributed by atoms with Gasteiger partial charge in [0.2, 0.25) is 0 Å². The molecule has 2 aliphatic rings. The number of rotatable bonds is 15. The highest BCUT2D eigenvalue weighted by Gasteiger charge is 2.50. The molecular formula is C30H50O2. The van der Waals surface area contributed by atoms with Crippen molar-refractivity contribution in [3.63, 3.8) is 0 Å². The molecule has 0 aromatic rings. The highest BCUT2D eigenvalue weighted by atomic mass is 16.6. The van der Waals surface area contributed by atoms with E-state index in [1.54, 1.807) is 0 Å². The van der Waals surface area contributed by atoms with Crippen molar-refractivity contribution in [3.8, 4) is 0 Å². The van der Waals surface area contributed by atoms with Crippen molar-refractivity contribution in [2.45, 2.75) is 143 Å². The molecule has 0 N–H and O–H groups in total. The van der Waals surface area contributed by atoms with Crippen LogP contribution < -0.4 is 0 Å². The summed E-state index contributed by atoms with van der Waals surface area (Å²) >= 11 is 0. The van der Waals surface area contributed by atoms with Crippen molar-refractivity contribution >= 4 is 0 Å². The van der Waals surface area contributed by atoms with E-state index in [2.05, 4.69) is 79.7 Å². The standard InChI is InChI=1S/C30H50O2/c1-23(2)13-12-22-30(8)28(32-30)21-19-25(4)15-10-9-14-24(3)16-11-17-26(5)18-20-27-29(6,7)31-27/h13-15,17,27-28H,9-12,16,18-22H2,1-8H3/b24-14+,25-15+,26-17+/t27-,28-,30+/m1/s1. The average Bonchev–Trinajstić information content (AvgIpc) is 3.55. The Kier molecular flexibility index (Phi) is 10.5. The molecule has 0 bridgehead atoms. The zero-order chi connectivity index (χ0) is 23.8. The van der Waals surface area contributed by atoms with Gasteiger partial charge in [0.05, 0.1) is 23.4 Å². The van der Waals surface area contributed by atoms with Gasteiger partial charge >= 0.3 is 0 Å². The highest BCUT2D eigenvalue weighted by molar-refractivity contribution is 5.08. The van der Waals surface area contributed by atoms with Gasteiger partial charge in [-0.25, -0.2) is 0 Å². The summed E-state index contributed by atoms with van der Waals surface area (Å²) < 4.78 is 11.7. The molecule has 2 heterocycles. The number of allylic oxidation sites excluding steroid dienone is 8. The fourth-order valence-electron chi connectivity index (χ4n) is 4.49. The molecule has 0 aromatic carbocycles. The third kappa shape index (κ3) is 10.2. The Hall–Kier alpha value is -1.12. The Morgan fingerprint density at radius 3 is 1.66 bits per heavy atom. The van der Waals surface area contributed by atoms with Gasteiger partial charge in [-0.1, -0.05) is 46.6 Å². The summed E-state index contributed by atoms with van der Waals surface area (Å²) in [7, 11) is 0. The van der Waals surface area contributed by atoms with Crippen molar-refractivity contribution in [1.29, 1.82) is 0 Å². The largest absolute Gasteiger partial charge is 0.367 e. The van der Waals surface area contributed by atoms with Crippen LogP contribution in [0.2, 0.25) is 0 Å². The van der Waals surface area contributed by atoms with Gasteiger partial charge in [-0.2, -0.15) is 0 Å². The zero-order valence-electron chi connectivity index (χ0n) is 22.4. The Morgan fingerprint density at radius 1 is 0.625 bits per heavy atom. The molecule has 2 aliphatic heterocycles. The molecule has 0 aromatic heterocycles. The summed E-state index contributed by atoms with van der Waals surface area (Å²) in [6.07, 6.45) is 22.1. The Morgan fingerprint density at radius 2 is 1.12 bits per heavy atom. The average molecular weight is 443 g/mol. The van der Waals surface area contributed by atoms with Crippen LogP contribution in [0.15, 0.2) is 46.6 Å². The number of epoxide rings is 2. The molecule has 0 aliphatic carbocycles. The van der Waals surface area contributed by atoms with Crippen molar-refractivity contribution < 1.29 is 9.47 Å². The maximum absolute atomic E-state index is 6.01. The molecule has 0 radical (unpaired) electrons. The normalized spacial score (nSPS) is 27.4. The third-order valence-electron chi connectivity index (χ3n) is 7.18. The van der Waals surface area contributed by atoms with Gasteiger partial charge in [-0.05, 0) is 120 Å². The second-order valence-corrected chi connectivity index (χ2v) is 11.3. The first kappa shape index (κ1) is 27.1. The Bertz CT molecular complexity index is 717. The van der Waals surface area contributed by atoms with E-state index in [1.807, 2.05) is 0 Å². The van der Waals surface area contributed by atoms with Gasteiger partial charge in [-0.3, -0.25) is 0 Å². The first-order valence-corrected chi connectivity index (χ1v) is 13.0. The van der Waals surface area contributed by atoms with Gasteiger partial charge in [0, 0.05) is 0 Å². The molecule has 2 rings (SSSR count). The van der Waals surface area contributed by atoms with Crippen LogP contribution in [0.5, 0.6) is 0 Å². The topological polar surface area (TPSA) is 25.1 Å². The van der Waals surface area contributed by atoms with Crippen molar-refractivity contribution in [2.24, 2.45) is 0 Å². The van der Waals surface area contributed by atoms with Gasteiger partial charge in [0.25, 0.3) is 0 Å². The van der Waals surface area contributed by atoms with Crippen LogP contribution in [0.3, 0.4) is 0 Å². The highest BCUT2D eigenvalue weighted by Crippen LogP contribution is 2.43. The van der Waals surface area contributed by atoms with Crippen LogP contribution in [0.25, 0.3) is 0 Å². The van der Waals surface area contributed by atoms with Gasteiger partial charge in [-0.15, -0.1) is 0 Å². The van der Waals surface area contributed by atoms with Gasteiger partial charge in [0.1, 0.15) is 0 Å². The van der Waals surface area contributed by atoms with E-state index in [0.29, 0.717) is 12.2 Å². The lowest BCUT2D eigenvalue weighted by Crippen LogP contribution is -2.09. The predicted octanol–water partition coefficient (Wildman–Crippen LogP) is 9.03. The van der Waals surface area contributed by atoms with Crippen LogP contribution in [0.1, 0.15) is 120 Å². The summed E-state index contributed by atoms with van der Waals surface area (Å²) in [6, 6.07) is 0. The smallest absolute Gasteiger partial charge is 0.0923 e. The maximum atomic E-state index is 6.01. The molecule has 0 saturated carbocycles. The SMILES string of the molecule is CC(C)=CCC[C@]1(C)O[C@@H]1CC/C(C)=C/CC/C=C(\C)CC/C=C(\C)CC[C@H]1OC1(C)C. The molecule has 2 heteroatoms. The van der Waals surface area contributed by atoms with Crippen LogP contribution in [0.4, 0.5) is 0 Å². The minimum atomic E-state index is 0.126. The molecule has 32 heavy (non-hydrogen) atoms. The van der Waals surface area contributed by atoms with E-state index in [1.165, 1.54) is 48.0 Å². The molecule has 0 amide bonds. The molecule has 2 saturated heterocycles. The van der Waals surface area contributed by atoms with Crippen LogP contribution in [0, 0.1) is 0 Å².